The lowest BCUT2D eigenvalue weighted by molar-refractivity contribution is 0.262. The molecule has 0 aliphatic heterocycles. The van der Waals surface area contributed by atoms with E-state index in [2.05, 4.69) is 20.8 Å². The summed E-state index contributed by atoms with van der Waals surface area (Å²) in [6, 6.07) is 15.0. The molecule has 1 fully saturated rings. The van der Waals surface area contributed by atoms with E-state index in [4.69, 9.17) is 4.52 Å². The molecule has 0 spiro atoms. The van der Waals surface area contributed by atoms with Crippen LogP contribution < -0.4 is 10.6 Å². The molecule has 2 amide bonds. The lowest BCUT2D eigenvalue weighted by Gasteiger charge is -2.11. The number of hydrogen-bond acceptors (Lipinski definition) is 4. The van der Waals surface area contributed by atoms with Gasteiger partial charge in [0.15, 0.2) is 5.82 Å². The third kappa shape index (κ3) is 3.91. The summed E-state index contributed by atoms with van der Waals surface area (Å²) < 4.78 is 5.35. The van der Waals surface area contributed by atoms with Crippen LogP contribution in [0, 0.1) is 6.92 Å². The Kier molecular flexibility index (Phi) is 4.39. The van der Waals surface area contributed by atoms with Gasteiger partial charge in [-0.3, -0.25) is 0 Å². The fraction of sp³-hybridized carbons (Fsp3) is 0.250. The van der Waals surface area contributed by atoms with E-state index < -0.39 is 0 Å². The van der Waals surface area contributed by atoms with Crippen molar-refractivity contribution in [1.29, 1.82) is 0 Å². The SMILES string of the molecule is Cc1cccc(NC(=O)Nc2ccccc2Cc2nc(C3CC3)no2)c1. The number of carbonyl (C=O) groups is 1. The number of aromatic nitrogens is 2. The Hall–Kier alpha value is -3.15. The van der Waals surface area contributed by atoms with Crippen LogP contribution in [-0.4, -0.2) is 16.2 Å². The largest absolute Gasteiger partial charge is 0.339 e. The minimum Gasteiger partial charge on any atom is -0.339 e. The fourth-order valence-corrected chi connectivity index (χ4v) is 2.81. The second kappa shape index (κ2) is 7.00. The maximum Gasteiger partial charge on any atom is 0.323 e. The lowest BCUT2D eigenvalue weighted by atomic mass is 10.1. The molecular formula is C20H20N4O2. The van der Waals surface area contributed by atoms with Crippen LogP contribution in [0.2, 0.25) is 0 Å². The van der Waals surface area contributed by atoms with Crippen LogP contribution in [-0.2, 0) is 6.42 Å². The summed E-state index contributed by atoms with van der Waals surface area (Å²) in [5.74, 6) is 1.82. The molecule has 0 bridgehead atoms. The van der Waals surface area contributed by atoms with Crippen LogP contribution in [0.3, 0.4) is 0 Å². The molecule has 26 heavy (non-hydrogen) atoms. The van der Waals surface area contributed by atoms with E-state index in [1.54, 1.807) is 0 Å². The molecule has 0 saturated heterocycles. The lowest BCUT2D eigenvalue weighted by Crippen LogP contribution is -2.20. The molecule has 1 aliphatic rings. The van der Waals surface area contributed by atoms with Crippen molar-refractivity contribution in [3.63, 3.8) is 0 Å². The van der Waals surface area contributed by atoms with Crippen molar-refractivity contribution in [3.05, 3.63) is 71.4 Å². The van der Waals surface area contributed by atoms with Gasteiger partial charge in [-0.15, -0.1) is 0 Å². The molecule has 6 heteroatoms. The summed E-state index contributed by atoms with van der Waals surface area (Å²) in [6.45, 7) is 1.98. The number of hydrogen-bond donors (Lipinski definition) is 2. The molecule has 4 rings (SSSR count). The van der Waals surface area contributed by atoms with Crippen LogP contribution in [0.25, 0.3) is 0 Å². The van der Waals surface area contributed by atoms with Gasteiger partial charge in [-0.25, -0.2) is 4.79 Å². The van der Waals surface area contributed by atoms with Crippen molar-refractivity contribution >= 4 is 17.4 Å². The van der Waals surface area contributed by atoms with Crippen LogP contribution in [0.1, 0.15) is 41.6 Å². The summed E-state index contributed by atoms with van der Waals surface area (Å²) in [4.78, 5) is 16.8. The molecule has 0 atom stereocenters. The average molecular weight is 348 g/mol. The Labute approximate surface area is 151 Å². The third-order valence-corrected chi connectivity index (χ3v) is 4.31. The zero-order chi connectivity index (χ0) is 17.9. The normalized spacial score (nSPS) is 13.4. The Bertz CT molecular complexity index is 931. The predicted octanol–water partition coefficient (Wildman–Crippen LogP) is 4.49. The summed E-state index contributed by atoms with van der Waals surface area (Å²) in [5.41, 5.74) is 3.50. The maximum absolute atomic E-state index is 12.3. The zero-order valence-corrected chi connectivity index (χ0v) is 14.5. The molecule has 1 aliphatic carbocycles. The smallest absolute Gasteiger partial charge is 0.323 e. The first-order valence-electron chi connectivity index (χ1n) is 8.72. The topological polar surface area (TPSA) is 80.0 Å². The van der Waals surface area contributed by atoms with Gasteiger partial charge in [0, 0.05) is 17.3 Å². The third-order valence-electron chi connectivity index (χ3n) is 4.31. The van der Waals surface area contributed by atoms with Gasteiger partial charge in [0.2, 0.25) is 5.89 Å². The molecule has 2 N–H and O–H groups in total. The molecule has 3 aromatic rings. The first-order chi connectivity index (χ1) is 12.7. The van der Waals surface area contributed by atoms with Gasteiger partial charge in [-0.1, -0.05) is 35.5 Å². The van der Waals surface area contributed by atoms with Crippen LogP contribution in [0.15, 0.2) is 53.1 Å². The van der Waals surface area contributed by atoms with E-state index in [-0.39, 0.29) is 6.03 Å². The number of urea groups is 1. The summed E-state index contributed by atoms with van der Waals surface area (Å²) >= 11 is 0. The van der Waals surface area contributed by atoms with E-state index in [9.17, 15) is 4.79 Å². The van der Waals surface area contributed by atoms with Crippen molar-refractivity contribution < 1.29 is 9.32 Å². The predicted molar refractivity (Wildman–Crippen MR) is 99.3 cm³/mol. The maximum atomic E-state index is 12.3. The van der Waals surface area contributed by atoms with E-state index in [0.29, 0.717) is 18.2 Å². The minimum atomic E-state index is -0.285. The van der Waals surface area contributed by atoms with Crippen LogP contribution in [0.5, 0.6) is 0 Å². The molecule has 132 valence electrons. The van der Waals surface area contributed by atoms with Gasteiger partial charge < -0.3 is 15.2 Å². The van der Waals surface area contributed by atoms with E-state index in [1.165, 1.54) is 0 Å². The summed E-state index contributed by atoms with van der Waals surface area (Å²) in [5, 5.41) is 9.79. The van der Waals surface area contributed by atoms with E-state index in [1.807, 2.05) is 55.5 Å². The number of amides is 2. The Morgan fingerprint density at radius 1 is 1.15 bits per heavy atom. The number of aryl methyl sites for hydroxylation is 1. The second-order valence-corrected chi connectivity index (χ2v) is 6.60. The van der Waals surface area contributed by atoms with Crippen molar-refractivity contribution in [3.8, 4) is 0 Å². The number of nitrogens with zero attached hydrogens (tertiary/aromatic N) is 2. The van der Waals surface area contributed by atoms with Crippen molar-refractivity contribution in [1.82, 2.24) is 10.1 Å². The number of rotatable bonds is 5. The van der Waals surface area contributed by atoms with Crippen molar-refractivity contribution in [2.45, 2.75) is 32.1 Å². The standard InChI is InChI=1S/C20H20N4O2/c1-13-5-4-7-16(11-13)21-20(25)22-17-8-3-2-6-15(17)12-18-23-19(24-26-18)14-9-10-14/h2-8,11,14H,9-10,12H2,1H3,(H2,21,22,25). The van der Waals surface area contributed by atoms with Gasteiger partial charge >= 0.3 is 6.03 Å². The van der Waals surface area contributed by atoms with Gasteiger partial charge in [0.1, 0.15) is 0 Å². The number of nitrogens with one attached hydrogen (secondary N) is 2. The van der Waals surface area contributed by atoms with Gasteiger partial charge in [0.25, 0.3) is 0 Å². The van der Waals surface area contributed by atoms with Gasteiger partial charge in [-0.2, -0.15) is 4.98 Å². The number of para-hydroxylation sites is 1. The highest BCUT2D eigenvalue weighted by atomic mass is 16.5. The molecule has 0 radical (unpaired) electrons. The zero-order valence-electron chi connectivity index (χ0n) is 14.5. The number of benzene rings is 2. The van der Waals surface area contributed by atoms with Crippen LogP contribution >= 0.6 is 0 Å². The molecule has 1 saturated carbocycles. The van der Waals surface area contributed by atoms with E-state index >= 15 is 0 Å². The van der Waals surface area contributed by atoms with Crippen LogP contribution in [0.4, 0.5) is 16.2 Å². The van der Waals surface area contributed by atoms with Crippen molar-refractivity contribution in [2.75, 3.05) is 10.6 Å². The fourth-order valence-electron chi connectivity index (χ4n) is 2.81. The van der Waals surface area contributed by atoms with Gasteiger partial charge in [0.05, 0.1) is 6.42 Å². The molecule has 0 unspecified atom stereocenters. The molecular weight excluding hydrogens is 328 g/mol. The highest BCUT2D eigenvalue weighted by Gasteiger charge is 2.28. The summed E-state index contributed by atoms with van der Waals surface area (Å²) in [7, 11) is 0. The monoisotopic (exact) mass is 348 g/mol. The Morgan fingerprint density at radius 2 is 2.00 bits per heavy atom. The van der Waals surface area contributed by atoms with Gasteiger partial charge in [-0.05, 0) is 49.1 Å². The first-order valence-corrected chi connectivity index (χ1v) is 8.72. The number of anilines is 2. The minimum absolute atomic E-state index is 0.285. The summed E-state index contributed by atoms with van der Waals surface area (Å²) in [6.07, 6.45) is 2.76. The Morgan fingerprint density at radius 3 is 2.81 bits per heavy atom. The molecule has 1 aromatic heterocycles. The van der Waals surface area contributed by atoms with Crippen molar-refractivity contribution in [2.24, 2.45) is 0 Å². The highest BCUT2D eigenvalue weighted by Crippen LogP contribution is 2.38. The second-order valence-electron chi connectivity index (χ2n) is 6.60. The Balaban J connectivity index is 1.45. The average Bonchev–Trinajstić information content (AvgIpc) is 3.36. The molecule has 2 aromatic carbocycles. The molecule has 1 heterocycles. The molecule has 6 nitrogen and oxygen atoms in total. The highest BCUT2D eigenvalue weighted by molar-refractivity contribution is 6.00. The first kappa shape index (κ1) is 16.3. The quantitative estimate of drug-likeness (QED) is 0.712. The number of carbonyl (C=O) groups excluding carboxylic acids is 1. The van der Waals surface area contributed by atoms with E-state index in [0.717, 1.165) is 41.2 Å².